The van der Waals surface area contributed by atoms with Gasteiger partial charge in [0.25, 0.3) is 0 Å². The Hall–Kier alpha value is -0.620. The number of halogens is 2. The highest BCUT2D eigenvalue weighted by molar-refractivity contribution is 14.2. The molecule has 0 heterocycles. The quantitative estimate of drug-likeness (QED) is 0.349. The predicted molar refractivity (Wildman–Crippen MR) is 104 cm³/mol. The maximum Gasteiger partial charge on any atom is 0.0950 e. The monoisotopic (exact) mass is 484 g/mol. The van der Waals surface area contributed by atoms with E-state index in [1.54, 1.807) is 0 Å². The van der Waals surface area contributed by atoms with Gasteiger partial charge in [-0.3, -0.25) is 0 Å². The first-order chi connectivity index (χ1) is 9.66. The van der Waals surface area contributed by atoms with Crippen molar-refractivity contribution in [2.75, 3.05) is 0 Å². The van der Waals surface area contributed by atoms with Crippen molar-refractivity contribution in [1.82, 2.24) is 0 Å². The lowest BCUT2D eigenvalue weighted by Crippen LogP contribution is -2.08. The fourth-order valence-corrected chi connectivity index (χ4v) is 3.20. The molecule has 0 bridgehead atoms. The molecule has 20 heavy (non-hydrogen) atoms. The van der Waals surface area contributed by atoms with E-state index in [-0.39, 0.29) is 1.43 Å². The largest absolute Gasteiger partial charge is 0.0950 e. The van der Waals surface area contributed by atoms with Crippen LogP contribution in [0.4, 0.5) is 0 Å². The van der Waals surface area contributed by atoms with Gasteiger partial charge in [-0.15, -0.1) is 0 Å². The van der Waals surface area contributed by atoms with Crippen molar-refractivity contribution >= 4 is 50.8 Å². The Morgan fingerprint density at radius 3 is 2.10 bits per heavy atom. The molecular weight excluding hydrogens is 470 g/mol. The van der Waals surface area contributed by atoms with Crippen LogP contribution in [0.15, 0.2) is 72.8 Å². The molecule has 1 aliphatic rings. The summed E-state index contributed by atoms with van der Waals surface area (Å²) in [4.78, 5) is 0. The molecule has 0 fully saturated rings. The Bertz CT molecular complexity index is 667. The summed E-state index contributed by atoms with van der Waals surface area (Å²) >= 11 is 4.99. The Balaban J connectivity index is 2.04. The van der Waals surface area contributed by atoms with Gasteiger partial charge < -0.3 is 0 Å². The average molecular weight is 484 g/mol. The molecular formula is C18H14I2. The number of benzene rings is 2. The third-order valence-corrected chi connectivity index (χ3v) is 5.02. The van der Waals surface area contributed by atoms with Crippen LogP contribution < -0.4 is 0 Å². The minimum atomic E-state index is 0.223. The summed E-state index contributed by atoms with van der Waals surface area (Å²) < 4.78 is 0.223. The topological polar surface area (TPSA) is 0 Å². The van der Waals surface area contributed by atoms with Gasteiger partial charge >= 0.3 is 0 Å². The van der Waals surface area contributed by atoms with Crippen LogP contribution in [0.3, 0.4) is 0 Å². The van der Waals surface area contributed by atoms with Gasteiger partial charge in [0.1, 0.15) is 0 Å². The van der Waals surface area contributed by atoms with Gasteiger partial charge in [0.2, 0.25) is 0 Å². The maximum atomic E-state index is 2.50. The summed E-state index contributed by atoms with van der Waals surface area (Å²) in [6.07, 6.45) is 7.97. The lowest BCUT2D eigenvalue weighted by Gasteiger charge is -2.20. The Morgan fingerprint density at radius 2 is 1.45 bits per heavy atom. The van der Waals surface area contributed by atoms with Crippen molar-refractivity contribution in [2.24, 2.45) is 0 Å². The fraction of sp³-hybridized carbons (Fsp3) is 0.111. The summed E-state index contributed by atoms with van der Waals surface area (Å²) in [6.45, 7) is 0. The molecule has 0 saturated heterocycles. The Morgan fingerprint density at radius 1 is 0.800 bits per heavy atom. The van der Waals surface area contributed by atoms with Crippen molar-refractivity contribution in [3.05, 3.63) is 78.4 Å². The SMILES string of the molecule is IC1(I)C=CC(c2ccccc2-c2ccccc2)=CC1. The van der Waals surface area contributed by atoms with E-state index in [9.17, 15) is 0 Å². The number of alkyl halides is 2. The standard InChI is InChI=1S/C18H14I2/c19-18(20)12-10-15(11-13-18)17-9-5-4-8-16(17)14-6-2-1-3-7-14/h1-12H,13H2. The molecule has 0 amide bonds. The van der Waals surface area contributed by atoms with Gasteiger partial charge in [-0.1, -0.05) is 118 Å². The molecule has 3 rings (SSSR count). The second kappa shape index (κ2) is 6.02. The van der Waals surface area contributed by atoms with E-state index in [1.807, 2.05) is 0 Å². The predicted octanol–water partition coefficient (Wildman–Crippen LogP) is 6.26. The lowest BCUT2D eigenvalue weighted by atomic mass is 9.92. The second-order valence-corrected chi connectivity index (χ2v) is 10.8. The Kier molecular flexibility index (Phi) is 4.31. The molecule has 2 heteroatoms. The van der Waals surface area contributed by atoms with E-state index in [2.05, 4.69) is 118 Å². The molecule has 0 radical (unpaired) electrons. The van der Waals surface area contributed by atoms with E-state index >= 15 is 0 Å². The van der Waals surface area contributed by atoms with E-state index in [4.69, 9.17) is 0 Å². The second-order valence-electron chi connectivity index (χ2n) is 4.87. The van der Waals surface area contributed by atoms with E-state index < -0.39 is 0 Å². The van der Waals surface area contributed by atoms with Crippen molar-refractivity contribution in [3.63, 3.8) is 0 Å². The molecule has 0 spiro atoms. The van der Waals surface area contributed by atoms with E-state index in [0.29, 0.717) is 0 Å². The van der Waals surface area contributed by atoms with Crippen molar-refractivity contribution in [3.8, 4) is 11.1 Å². The van der Waals surface area contributed by atoms with Gasteiger partial charge in [-0.2, -0.15) is 0 Å². The maximum absolute atomic E-state index is 2.50. The highest BCUT2D eigenvalue weighted by Crippen LogP contribution is 2.40. The lowest BCUT2D eigenvalue weighted by molar-refractivity contribution is 1.07. The zero-order chi connectivity index (χ0) is 14.0. The molecule has 0 saturated carbocycles. The first kappa shape index (κ1) is 14.3. The fourth-order valence-electron chi connectivity index (χ4n) is 2.40. The van der Waals surface area contributed by atoms with Gasteiger partial charge in [-0.05, 0) is 28.7 Å². The smallest absolute Gasteiger partial charge is 0.0742 e. The first-order valence-corrected chi connectivity index (χ1v) is 8.73. The van der Waals surface area contributed by atoms with Crippen LogP contribution in [-0.2, 0) is 0 Å². The first-order valence-electron chi connectivity index (χ1n) is 6.58. The van der Waals surface area contributed by atoms with Gasteiger partial charge in [-0.25, -0.2) is 0 Å². The normalized spacial score (nSPS) is 16.8. The van der Waals surface area contributed by atoms with Gasteiger partial charge in [0.05, 0.1) is 1.43 Å². The van der Waals surface area contributed by atoms with Crippen molar-refractivity contribution in [1.29, 1.82) is 0 Å². The van der Waals surface area contributed by atoms with E-state index in [0.717, 1.165) is 6.42 Å². The molecule has 0 nitrogen and oxygen atoms in total. The highest BCUT2D eigenvalue weighted by atomic mass is 127. The zero-order valence-corrected chi connectivity index (χ0v) is 15.2. The third-order valence-electron chi connectivity index (χ3n) is 3.42. The molecule has 0 N–H and O–H groups in total. The molecule has 0 aromatic heterocycles. The molecule has 2 aromatic carbocycles. The third kappa shape index (κ3) is 3.17. The zero-order valence-electron chi connectivity index (χ0n) is 10.9. The minimum absolute atomic E-state index is 0.223. The van der Waals surface area contributed by atoms with Crippen LogP contribution in [0.1, 0.15) is 12.0 Å². The summed E-state index contributed by atoms with van der Waals surface area (Å²) in [7, 11) is 0. The van der Waals surface area contributed by atoms with Crippen molar-refractivity contribution in [2.45, 2.75) is 7.85 Å². The number of hydrogen-bond acceptors (Lipinski definition) is 0. The molecule has 2 aromatic rings. The van der Waals surface area contributed by atoms with Crippen molar-refractivity contribution < 1.29 is 0 Å². The average Bonchev–Trinajstić information content (AvgIpc) is 2.48. The molecule has 100 valence electrons. The molecule has 0 aliphatic heterocycles. The summed E-state index contributed by atoms with van der Waals surface area (Å²) in [5.74, 6) is 0. The molecule has 0 atom stereocenters. The number of allylic oxidation sites excluding steroid dienone is 4. The van der Waals surface area contributed by atoms with Crippen LogP contribution in [0, 0.1) is 0 Å². The summed E-state index contributed by atoms with van der Waals surface area (Å²) in [5, 5.41) is 0. The summed E-state index contributed by atoms with van der Waals surface area (Å²) in [5.41, 5.74) is 5.23. The van der Waals surface area contributed by atoms with E-state index in [1.165, 1.54) is 22.3 Å². The van der Waals surface area contributed by atoms with Crippen LogP contribution in [0.5, 0.6) is 0 Å². The van der Waals surface area contributed by atoms with Crippen LogP contribution in [-0.4, -0.2) is 1.43 Å². The number of rotatable bonds is 2. The highest BCUT2D eigenvalue weighted by Gasteiger charge is 2.21. The summed E-state index contributed by atoms with van der Waals surface area (Å²) in [6, 6.07) is 19.2. The van der Waals surface area contributed by atoms with Gasteiger partial charge in [0.15, 0.2) is 0 Å². The number of hydrogen-bond donors (Lipinski definition) is 0. The minimum Gasteiger partial charge on any atom is -0.0742 e. The molecule has 0 unspecified atom stereocenters. The molecule has 1 aliphatic carbocycles. The van der Waals surface area contributed by atoms with Crippen LogP contribution in [0.2, 0.25) is 0 Å². The van der Waals surface area contributed by atoms with Gasteiger partial charge in [0, 0.05) is 0 Å². The van der Waals surface area contributed by atoms with Crippen LogP contribution >= 0.6 is 45.2 Å². The Labute approximate surface area is 147 Å². The van der Waals surface area contributed by atoms with Crippen LogP contribution in [0.25, 0.3) is 16.7 Å².